The van der Waals surface area contributed by atoms with Crippen LogP contribution in [0, 0.1) is 0 Å². The SMILES string of the molecule is COC(=O)CC(C)=N[C@H]1C(=O)N(c2ccccc2)[C@H]1c1ccccc1. The van der Waals surface area contributed by atoms with Crippen molar-refractivity contribution in [3.05, 3.63) is 66.2 Å². The monoisotopic (exact) mass is 336 g/mol. The fourth-order valence-corrected chi connectivity index (χ4v) is 3.02. The molecule has 0 aromatic heterocycles. The molecule has 0 radical (unpaired) electrons. The number of carbonyl (C=O) groups excluding carboxylic acids is 2. The molecule has 0 unspecified atom stereocenters. The summed E-state index contributed by atoms with van der Waals surface area (Å²) in [4.78, 5) is 30.4. The highest BCUT2D eigenvalue weighted by Gasteiger charge is 2.49. The summed E-state index contributed by atoms with van der Waals surface area (Å²) >= 11 is 0. The van der Waals surface area contributed by atoms with Gasteiger partial charge in [-0.25, -0.2) is 0 Å². The number of rotatable bonds is 5. The Morgan fingerprint density at radius 1 is 1.08 bits per heavy atom. The van der Waals surface area contributed by atoms with E-state index in [2.05, 4.69) is 9.73 Å². The number of aliphatic imine (C=N–C) groups is 1. The molecule has 2 atom stereocenters. The van der Waals surface area contributed by atoms with Gasteiger partial charge in [0.05, 0.1) is 19.6 Å². The van der Waals surface area contributed by atoms with E-state index in [9.17, 15) is 9.59 Å². The van der Waals surface area contributed by atoms with Gasteiger partial charge in [-0.3, -0.25) is 14.6 Å². The molecule has 0 saturated carbocycles. The molecule has 2 aromatic carbocycles. The summed E-state index contributed by atoms with van der Waals surface area (Å²) in [7, 11) is 1.34. The molecule has 5 nitrogen and oxygen atoms in total. The number of hydrogen-bond acceptors (Lipinski definition) is 4. The fraction of sp³-hybridized carbons (Fsp3) is 0.250. The van der Waals surface area contributed by atoms with E-state index in [0.717, 1.165) is 11.3 Å². The van der Waals surface area contributed by atoms with Gasteiger partial charge < -0.3 is 9.64 Å². The number of carbonyl (C=O) groups is 2. The Morgan fingerprint density at radius 2 is 1.68 bits per heavy atom. The molecule has 0 aliphatic carbocycles. The second-order valence-electron chi connectivity index (χ2n) is 5.96. The zero-order valence-corrected chi connectivity index (χ0v) is 14.3. The third-order valence-electron chi connectivity index (χ3n) is 4.23. The first kappa shape index (κ1) is 16.9. The van der Waals surface area contributed by atoms with Crippen molar-refractivity contribution in [3.63, 3.8) is 0 Å². The zero-order chi connectivity index (χ0) is 17.8. The van der Waals surface area contributed by atoms with Crippen LogP contribution in [0.2, 0.25) is 0 Å². The molecule has 1 saturated heterocycles. The molecule has 1 amide bonds. The standard InChI is InChI=1S/C20H20N2O3/c1-14(13-17(23)25-2)21-18-19(15-9-5-3-6-10-15)22(20(18)24)16-11-7-4-8-12-16/h3-12,18-19H,13H2,1-2H3/t18-,19+/m1/s1. The number of ether oxygens (including phenoxy) is 1. The first-order chi connectivity index (χ1) is 12.1. The van der Waals surface area contributed by atoms with Gasteiger partial charge in [0.1, 0.15) is 0 Å². The zero-order valence-electron chi connectivity index (χ0n) is 14.3. The summed E-state index contributed by atoms with van der Waals surface area (Å²) in [5, 5.41) is 0. The highest BCUT2D eigenvalue weighted by Crippen LogP contribution is 2.40. The summed E-state index contributed by atoms with van der Waals surface area (Å²) in [6.07, 6.45) is 0.0904. The summed E-state index contributed by atoms with van der Waals surface area (Å²) in [6, 6.07) is 18.7. The lowest BCUT2D eigenvalue weighted by molar-refractivity contribution is -0.139. The maximum atomic E-state index is 12.7. The van der Waals surface area contributed by atoms with Crippen LogP contribution in [0.3, 0.4) is 0 Å². The lowest BCUT2D eigenvalue weighted by Gasteiger charge is -2.45. The molecule has 25 heavy (non-hydrogen) atoms. The Bertz CT molecular complexity index is 787. The van der Waals surface area contributed by atoms with Gasteiger partial charge >= 0.3 is 5.97 Å². The third-order valence-corrected chi connectivity index (χ3v) is 4.23. The van der Waals surface area contributed by atoms with Crippen LogP contribution in [-0.2, 0) is 14.3 Å². The van der Waals surface area contributed by atoms with Crippen LogP contribution in [0.15, 0.2) is 65.7 Å². The highest BCUT2D eigenvalue weighted by atomic mass is 16.5. The second kappa shape index (κ2) is 7.30. The fourth-order valence-electron chi connectivity index (χ4n) is 3.02. The Morgan fingerprint density at radius 3 is 2.28 bits per heavy atom. The van der Waals surface area contributed by atoms with Crippen LogP contribution in [0.5, 0.6) is 0 Å². The molecule has 128 valence electrons. The number of β-lactam (4-membered cyclic amide) rings is 1. The number of hydrogen-bond donors (Lipinski definition) is 0. The van der Waals surface area contributed by atoms with Gasteiger partial charge in [-0.05, 0) is 24.6 Å². The van der Waals surface area contributed by atoms with Crippen molar-refractivity contribution in [2.24, 2.45) is 4.99 Å². The Hall–Kier alpha value is -2.95. The Balaban J connectivity index is 1.92. The van der Waals surface area contributed by atoms with Crippen molar-refractivity contribution in [1.82, 2.24) is 0 Å². The van der Waals surface area contributed by atoms with E-state index >= 15 is 0 Å². The molecular weight excluding hydrogens is 316 g/mol. The molecule has 0 bridgehead atoms. The van der Waals surface area contributed by atoms with Gasteiger partial charge in [0.2, 0.25) is 0 Å². The van der Waals surface area contributed by atoms with Crippen molar-refractivity contribution in [2.45, 2.75) is 25.4 Å². The van der Waals surface area contributed by atoms with Crippen molar-refractivity contribution < 1.29 is 14.3 Å². The maximum Gasteiger partial charge on any atom is 0.311 e. The van der Waals surface area contributed by atoms with E-state index in [-0.39, 0.29) is 24.3 Å². The number of esters is 1. The summed E-state index contributed by atoms with van der Waals surface area (Å²) in [5.41, 5.74) is 2.46. The van der Waals surface area contributed by atoms with E-state index in [1.807, 2.05) is 60.7 Å². The van der Waals surface area contributed by atoms with E-state index in [1.165, 1.54) is 7.11 Å². The van der Waals surface area contributed by atoms with Crippen LogP contribution in [0.25, 0.3) is 0 Å². The summed E-state index contributed by atoms with van der Waals surface area (Å²) < 4.78 is 4.67. The van der Waals surface area contributed by atoms with Crippen molar-refractivity contribution in [3.8, 4) is 0 Å². The number of nitrogens with zero attached hydrogens (tertiary/aromatic N) is 2. The number of methoxy groups -OCH3 is 1. The van der Waals surface area contributed by atoms with Crippen molar-refractivity contribution in [1.29, 1.82) is 0 Å². The molecule has 1 heterocycles. The predicted octanol–water partition coefficient (Wildman–Crippen LogP) is 3.17. The summed E-state index contributed by atoms with van der Waals surface area (Å²) in [5.74, 6) is -0.423. The van der Waals surface area contributed by atoms with Gasteiger partial charge in [0.25, 0.3) is 5.91 Å². The average Bonchev–Trinajstić information content (AvgIpc) is 2.65. The average molecular weight is 336 g/mol. The van der Waals surface area contributed by atoms with Gasteiger partial charge in [0, 0.05) is 11.4 Å². The number of benzene rings is 2. The third kappa shape index (κ3) is 3.45. The topological polar surface area (TPSA) is 59.0 Å². The normalized spacial score (nSPS) is 20.2. The van der Waals surface area contributed by atoms with Gasteiger partial charge in [-0.1, -0.05) is 48.5 Å². The maximum absolute atomic E-state index is 12.7. The highest BCUT2D eigenvalue weighted by molar-refractivity contribution is 6.08. The lowest BCUT2D eigenvalue weighted by atomic mass is 9.88. The molecule has 3 rings (SSSR count). The van der Waals surface area contributed by atoms with Crippen LogP contribution in [-0.4, -0.2) is 30.7 Å². The number of anilines is 1. The van der Waals surface area contributed by atoms with Crippen molar-refractivity contribution in [2.75, 3.05) is 12.0 Å². The molecule has 2 aromatic rings. The van der Waals surface area contributed by atoms with Crippen LogP contribution in [0.4, 0.5) is 5.69 Å². The van der Waals surface area contributed by atoms with E-state index in [1.54, 1.807) is 11.8 Å². The molecule has 0 N–H and O–H groups in total. The molecule has 1 fully saturated rings. The molecule has 1 aliphatic rings. The van der Waals surface area contributed by atoms with E-state index < -0.39 is 6.04 Å². The lowest BCUT2D eigenvalue weighted by Crippen LogP contribution is -2.58. The minimum atomic E-state index is -0.521. The van der Waals surface area contributed by atoms with Crippen LogP contribution < -0.4 is 4.90 Å². The van der Waals surface area contributed by atoms with Crippen molar-refractivity contribution >= 4 is 23.3 Å². The number of amides is 1. The minimum Gasteiger partial charge on any atom is -0.469 e. The Labute approximate surface area is 146 Å². The Kier molecular flexibility index (Phi) is 4.93. The summed E-state index contributed by atoms with van der Waals surface area (Å²) in [6.45, 7) is 1.75. The van der Waals surface area contributed by atoms with Crippen LogP contribution >= 0.6 is 0 Å². The molecule has 1 aliphatic heterocycles. The molecular formula is C20H20N2O3. The first-order valence-corrected chi connectivity index (χ1v) is 8.15. The van der Waals surface area contributed by atoms with Gasteiger partial charge in [0.15, 0.2) is 6.04 Å². The molecule has 5 heteroatoms. The number of para-hydroxylation sites is 1. The first-order valence-electron chi connectivity index (χ1n) is 8.15. The van der Waals surface area contributed by atoms with Crippen LogP contribution in [0.1, 0.15) is 24.9 Å². The largest absolute Gasteiger partial charge is 0.469 e. The molecule has 0 spiro atoms. The minimum absolute atomic E-state index is 0.0655. The van der Waals surface area contributed by atoms with E-state index in [0.29, 0.717) is 5.71 Å². The quantitative estimate of drug-likeness (QED) is 0.479. The smallest absolute Gasteiger partial charge is 0.311 e. The second-order valence-corrected chi connectivity index (χ2v) is 5.96. The van der Waals surface area contributed by atoms with E-state index in [4.69, 9.17) is 0 Å². The van der Waals surface area contributed by atoms with Gasteiger partial charge in [-0.2, -0.15) is 0 Å². The van der Waals surface area contributed by atoms with Gasteiger partial charge in [-0.15, -0.1) is 0 Å². The predicted molar refractivity (Wildman–Crippen MR) is 96.6 cm³/mol.